The van der Waals surface area contributed by atoms with Crippen molar-refractivity contribution in [1.82, 2.24) is 10.2 Å². The van der Waals surface area contributed by atoms with Crippen LogP contribution in [0.15, 0.2) is 197 Å². The number of allylic oxidation sites excluding steroid dienone is 5. The second-order valence-electron chi connectivity index (χ2n) is 19.1. The van der Waals surface area contributed by atoms with Crippen molar-refractivity contribution in [3.63, 3.8) is 0 Å². The first-order valence-electron chi connectivity index (χ1n) is 25.0. The lowest BCUT2D eigenvalue weighted by Gasteiger charge is -2.33. The number of nitrogens with zero attached hydrogens (tertiary/aromatic N) is 3. The van der Waals surface area contributed by atoms with Gasteiger partial charge in [0.2, 0.25) is 0 Å². The highest BCUT2D eigenvalue weighted by atomic mass is 15.2. The molecule has 0 spiro atoms. The molecule has 0 saturated heterocycles. The average molecular weight is 894 g/mol. The van der Waals surface area contributed by atoms with Crippen LogP contribution in [0.1, 0.15) is 111 Å². The third-order valence-electron chi connectivity index (χ3n) is 14.5. The first kappa shape index (κ1) is 46.4. The van der Waals surface area contributed by atoms with Crippen LogP contribution in [0.3, 0.4) is 0 Å². The van der Waals surface area contributed by atoms with Gasteiger partial charge in [-0.05, 0) is 143 Å². The molecule has 1 saturated carbocycles. The summed E-state index contributed by atoms with van der Waals surface area (Å²) in [6.07, 6.45) is 24.5. The first-order chi connectivity index (χ1) is 33.3. The lowest BCUT2D eigenvalue weighted by Crippen LogP contribution is -2.33. The molecule has 9 rings (SSSR count). The van der Waals surface area contributed by atoms with E-state index < -0.39 is 0 Å². The highest BCUT2D eigenvalue weighted by molar-refractivity contribution is 5.99. The van der Waals surface area contributed by atoms with Gasteiger partial charge in [0.1, 0.15) is 12.0 Å². The van der Waals surface area contributed by atoms with E-state index in [2.05, 4.69) is 201 Å². The summed E-state index contributed by atoms with van der Waals surface area (Å²) < 4.78 is 0. The van der Waals surface area contributed by atoms with Crippen molar-refractivity contribution in [1.29, 1.82) is 0 Å². The topological polar surface area (TPSA) is 66.0 Å². The summed E-state index contributed by atoms with van der Waals surface area (Å²) in [6.45, 7) is 7.96. The molecule has 0 amide bonds. The van der Waals surface area contributed by atoms with E-state index in [0.717, 1.165) is 47.5 Å². The van der Waals surface area contributed by atoms with Gasteiger partial charge in [0.05, 0.1) is 18.2 Å². The minimum atomic E-state index is -0.201. The maximum absolute atomic E-state index is 6.90. The molecule has 68 heavy (non-hydrogen) atoms. The van der Waals surface area contributed by atoms with Gasteiger partial charge in [-0.1, -0.05) is 166 Å². The number of hydrogen-bond donors (Lipinski definition) is 2. The van der Waals surface area contributed by atoms with Crippen molar-refractivity contribution in [3.05, 3.63) is 220 Å². The van der Waals surface area contributed by atoms with Crippen LogP contribution in [0.4, 0.5) is 0 Å². The summed E-state index contributed by atoms with van der Waals surface area (Å²) in [5, 5.41) is 3.63. The van der Waals surface area contributed by atoms with Gasteiger partial charge in [-0.15, -0.1) is 11.5 Å². The molecule has 5 aromatic carbocycles. The molecule has 5 nitrogen and oxygen atoms in total. The maximum atomic E-state index is 6.90. The molecule has 0 aliphatic heterocycles. The van der Waals surface area contributed by atoms with Crippen LogP contribution < -0.4 is 11.1 Å². The molecule has 5 atom stereocenters. The summed E-state index contributed by atoms with van der Waals surface area (Å²) in [5.41, 5.74) is 31.4. The fraction of sp³-hybridized carbons (Fsp3) is 0.302. The molecule has 0 bridgehead atoms. The molecular formula is C63H67N5. The summed E-state index contributed by atoms with van der Waals surface area (Å²) in [7, 11) is 2.19. The van der Waals surface area contributed by atoms with Gasteiger partial charge < -0.3 is 16.0 Å². The van der Waals surface area contributed by atoms with Crippen molar-refractivity contribution in [3.8, 4) is 22.3 Å². The predicted octanol–water partition coefficient (Wildman–Crippen LogP) is 14.5. The van der Waals surface area contributed by atoms with E-state index in [1.807, 2.05) is 12.1 Å². The number of benzene rings is 5. The van der Waals surface area contributed by atoms with Crippen molar-refractivity contribution >= 4 is 17.1 Å². The Bertz CT molecular complexity index is 2860. The van der Waals surface area contributed by atoms with Gasteiger partial charge in [-0.2, -0.15) is 0 Å². The normalized spacial score (nSPS) is 19.7. The Hall–Kier alpha value is -6.74. The Morgan fingerprint density at radius 2 is 1.62 bits per heavy atom. The predicted molar refractivity (Wildman–Crippen MR) is 286 cm³/mol. The van der Waals surface area contributed by atoms with Crippen LogP contribution in [-0.4, -0.2) is 30.0 Å². The number of amidine groups is 1. The zero-order valence-corrected chi connectivity index (χ0v) is 40.5. The minimum Gasteiger partial charge on any atom is -0.368 e. The van der Waals surface area contributed by atoms with Crippen LogP contribution in [0.5, 0.6) is 0 Å². The largest absolute Gasteiger partial charge is 0.368 e. The first-order valence-corrected chi connectivity index (χ1v) is 25.0. The second kappa shape index (κ2) is 21.9. The summed E-state index contributed by atoms with van der Waals surface area (Å²) >= 11 is 0. The van der Waals surface area contributed by atoms with Crippen molar-refractivity contribution < 1.29 is 0 Å². The second-order valence-corrected chi connectivity index (χ2v) is 19.1. The van der Waals surface area contributed by atoms with Gasteiger partial charge in [0.25, 0.3) is 0 Å². The quantitative estimate of drug-likeness (QED) is 0.0495. The zero-order chi connectivity index (χ0) is 46.8. The number of fused-ring (bicyclic) bond motifs is 3. The average Bonchev–Trinajstić information content (AvgIpc) is 3.63. The van der Waals surface area contributed by atoms with E-state index in [4.69, 9.17) is 15.7 Å². The molecule has 4 unspecified atom stereocenters. The molecule has 4 aliphatic rings. The smallest absolute Gasteiger partial charge is 0.147 e. The summed E-state index contributed by atoms with van der Waals surface area (Å²) in [4.78, 5) is 12.9. The summed E-state index contributed by atoms with van der Waals surface area (Å²) in [6, 6.07) is 43.4. The number of rotatable bonds is 14. The van der Waals surface area contributed by atoms with Gasteiger partial charge in [0.15, 0.2) is 0 Å². The number of hydrogen-bond acceptors (Lipinski definition) is 4. The van der Waals surface area contributed by atoms with E-state index in [0.29, 0.717) is 24.9 Å². The Morgan fingerprint density at radius 1 is 0.868 bits per heavy atom. The molecule has 344 valence electrons. The molecule has 4 aliphatic carbocycles. The SMILES string of the molecule is CC=C=C([C@H]1C=C=C(c2cc(-c3ccc(C(N)CNC(=NCc4ccccc4)C4=CC=CCC4)cc3)cc3c2Cc2ccccc2-3)C=C1)N(C)C(N=C(C)C1CCCCCC1C)c1ccccc1. The fourth-order valence-electron chi connectivity index (χ4n) is 10.7. The molecule has 0 radical (unpaired) electrons. The van der Waals surface area contributed by atoms with Crippen LogP contribution in [-0.2, 0) is 13.0 Å². The number of aliphatic imine (C=N–C) groups is 2. The van der Waals surface area contributed by atoms with Gasteiger partial charge in [0, 0.05) is 30.9 Å². The highest BCUT2D eigenvalue weighted by Crippen LogP contribution is 2.44. The monoisotopic (exact) mass is 894 g/mol. The number of nitrogens with two attached hydrogens (primary N) is 1. The van der Waals surface area contributed by atoms with Crippen LogP contribution >= 0.6 is 0 Å². The molecule has 1 fully saturated rings. The Balaban J connectivity index is 0.985. The summed E-state index contributed by atoms with van der Waals surface area (Å²) in [5.74, 6) is 2.07. The molecule has 0 heterocycles. The Morgan fingerprint density at radius 3 is 2.37 bits per heavy atom. The van der Waals surface area contributed by atoms with Gasteiger partial charge >= 0.3 is 0 Å². The van der Waals surface area contributed by atoms with Gasteiger partial charge in [-0.25, -0.2) is 0 Å². The van der Waals surface area contributed by atoms with E-state index >= 15 is 0 Å². The van der Waals surface area contributed by atoms with Crippen molar-refractivity contribution in [2.45, 2.75) is 90.9 Å². The van der Waals surface area contributed by atoms with Crippen molar-refractivity contribution in [2.24, 2.45) is 33.5 Å². The molecular weight excluding hydrogens is 827 g/mol. The standard InChI is InChI=1S/C63H67N5/c1-5-20-61(68(4)63(52-26-15-9-16-27-52)67-45(3)55-29-17-6-10-21-44(55)2)50-37-33-48(34-38-50)57-40-54(41-58-56-30-19-18-28-53(56)39-59(57)58)47-31-35-49(36-32-47)60(64)43-66-62(51-24-13-8-14-25-51)65-42-46-22-11-7-12-23-46/h5,7-9,11-13,15-16,18-19,22-24,26-28,30-33,35-38,40-41,44,50,55,60,63H,6,10,14,17,21,25,29,39,42-43,64H2,1-4H3,(H,65,66)/t20?,44?,50-,55?,60?,63?/m1/s1. The van der Waals surface area contributed by atoms with E-state index in [-0.39, 0.29) is 18.1 Å². The van der Waals surface area contributed by atoms with Crippen molar-refractivity contribution in [2.75, 3.05) is 13.6 Å². The fourth-order valence-corrected chi connectivity index (χ4v) is 10.7. The van der Waals surface area contributed by atoms with E-state index in [1.165, 1.54) is 87.9 Å². The lowest BCUT2D eigenvalue weighted by molar-refractivity contribution is 0.299. The third-order valence-corrected chi connectivity index (χ3v) is 14.5. The van der Waals surface area contributed by atoms with Crippen LogP contribution in [0.25, 0.3) is 27.8 Å². The molecule has 3 N–H and O–H groups in total. The third kappa shape index (κ3) is 10.7. The Kier molecular flexibility index (Phi) is 14.9. The number of nitrogens with one attached hydrogen (secondary N) is 1. The van der Waals surface area contributed by atoms with E-state index in [1.54, 1.807) is 0 Å². The van der Waals surface area contributed by atoms with Gasteiger partial charge in [-0.3, -0.25) is 9.98 Å². The maximum Gasteiger partial charge on any atom is 0.147 e. The highest BCUT2D eigenvalue weighted by Gasteiger charge is 2.28. The van der Waals surface area contributed by atoms with Crippen LogP contribution in [0.2, 0.25) is 0 Å². The van der Waals surface area contributed by atoms with E-state index in [9.17, 15) is 0 Å². The minimum absolute atomic E-state index is 0.0133. The van der Waals surface area contributed by atoms with Crippen LogP contribution in [0, 0.1) is 17.8 Å². The molecule has 0 aromatic heterocycles. The zero-order valence-electron chi connectivity index (χ0n) is 40.5. The molecule has 5 aromatic rings. The lowest BCUT2D eigenvalue weighted by atomic mass is 9.86. The molecule has 5 heteroatoms. The Labute approximate surface area is 405 Å².